The molecule has 0 radical (unpaired) electrons. The molecule has 0 bridgehead atoms. The third kappa shape index (κ3) is 5.68. The summed E-state index contributed by atoms with van der Waals surface area (Å²) in [5.41, 5.74) is 2.91. The third-order valence-electron chi connectivity index (χ3n) is 5.88. The lowest BCUT2D eigenvalue weighted by atomic mass is 9.93. The Balaban J connectivity index is 1.90. The molecule has 1 fully saturated rings. The lowest BCUT2D eigenvalue weighted by molar-refractivity contribution is -0.150. The molecular weight excluding hydrogens is 410 g/mol. The van der Waals surface area contributed by atoms with Crippen LogP contribution >= 0.6 is 0 Å². The van der Waals surface area contributed by atoms with Gasteiger partial charge in [0.1, 0.15) is 0 Å². The number of rotatable bonds is 8. The van der Waals surface area contributed by atoms with Crippen molar-refractivity contribution in [3.63, 3.8) is 0 Å². The number of ether oxygens (including phenoxy) is 2. The maximum absolute atomic E-state index is 13.0. The topological polar surface area (TPSA) is 97.0 Å². The normalized spacial score (nSPS) is 21.5. The summed E-state index contributed by atoms with van der Waals surface area (Å²) in [7, 11) is 0. The number of amides is 2. The van der Waals surface area contributed by atoms with Gasteiger partial charge in [0, 0.05) is 18.8 Å². The first-order valence-corrected chi connectivity index (χ1v) is 11.4. The van der Waals surface area contributed by atoms with Crippen LogP contribution in [0.2, 0.25) is 0 Å². The van der Waals surface area contributed by atoms with Gasteiger partial charge >= 0.3 is 18.0 Å². The van der Waals surface area contributed by atoms with Crippen molar-refractivity contribution in [3.8, 4) is 0 Å². The van der Waals surface area contributed by atoms with Crippen LogP contribution in [0.3, 0.4) is 0 Å². The van der Waals surface area contributed by atoms with Gasteiger partial charge in [0.25, 0.3) is 0 Å². The standard InChI is InChI=1S/C24H33N3O5/c1-4-16-9-11-17(12-10-16)21-20(23(29)32-6-3)19(25-24(30)26-21)15-27-13-7-8-18(14-27)22(28)31-5-2/h9-12,18,21H,4-8,13-15H2,1-3H3,(H2,25,26,30)/t18-,21-/m1/s1. The van der Waals surface area contributed by atoms with Gasteiger partial charge < -0.3 is 20.1 Å². The fourth-order valence-corrected chi connectivity index (χ4v) is 4.26. The zero-order valence-corrected chi connectivity index (χ0v) is 19.1. The number of hydrogen-bond donors (Lipinski definition) is 2. The van der Waals surface area contributed by atoms with E-state index in [0.717, 1.165) is 31.4 Å². The van der Waals surface area contributed by atoms with E-state index in [-0.39, 0.29) is 24.5 Å². The van der Waals surface area contributed by atoms with Crippen molar-refractivity contribution in [1.82, 2.24) is 15.5 Å². The molecule has 2 heterocycles. The Kier molecular flexibility index (Phi) is 8.27. The van der Waals surface area contributed by atoms with E-state index in [1.54, 1.807) is 13.8 Å². The Morgan fingerprint density at radius 2 is 1.81 bits per heavy atom. The van der Waals surface area contributed by atoms with Gasteiger partial charge in [-0.3, -0.25) is 9.69 Å². The Hall–Kier alpha value is -2.87. The molecule has 8 nitrogen and oxygen atoms in total. The Morgan fingerprint density at radius 3 is 2.47 bits per heavy atom. The largest absolute Gasteiger partial charge is 0.466 e. The molecule has 8 heteroatoms. The predicted octanol–water partition coefficient (Wildman–Crippen LogP) is 2.70. The van der Waals surface area contributed by atoms with Crippen LogP contribution in [0.25, 0.3) is 0 Å². The molecule has 1 aromatic rings. The number of urea groups is 1. The van der Waals surface area contributed by atoms with Gasteiger partial charge in [0.15, 0.2) is 0 Å². The molecule has 0 saturated carbocycles. The minimum atomic E-state index is -0.602. The number of aryl methyl sites for hydroxylation is 1. The molecule has 2 amide bonds. The van der Waals surface area contributed by atoms with Gasteiger partial charge in [-0.05, 0) is 50.8 Å². The first-order valence-electron chi connectivity index (χ1n) is 11.4. The maximum atomic E-state index is 13.0. The van der Waals surface area contributed by atoms with Gasteiger partial charge in [-0.1, -0.05) is 31.2 Å². The number of nitrogens with one attached hydrogen (secondary N) is 2. The molecule has 2 aliphatic heterocycles. The Labute approximate surface area is 189 Å². The highest BCUT2D eigenvalue weighted by atomic mass is 16.5. The van der Waals surface area contributed by atoms with Crippen LogP contribution < -0.4 is 10.6 Å². The third-order valence-corrected chi connectivity index (χ3v) is 5.88. The van der Waals surface area contributed by atoms with Gasteiger partial charge in [-0.15, -0.1) is 0 Å². The summed E-state index contributed by atoms with van der Waals surface area (Å²) in [5.74, 6) is -0.858. The summed E-state index contributed by atoms with van der Waals surface area (Å²) >= 11 is 0. The molecule has 1 saturated heterocycles. The molecule has 0 spiro atoms. The highest BCUT2D eigenvalue weighted by molar-refractivity contribution is 5.95. The minimum absolute atomic E-state index is 0.194. The van der Waals surface area contributed by atoms with Crippen molar-refractivity contribution in [2.75, 3.05) is 32.8 Å². The van der Waals surface area contributed by atoms with E-state index in [0.29, 0.717) is 31.0 Å². The number of hydrogen-bond acceptors (Lipinski definition) is 6. The summed E-state index contributed by atoms with van der Waals surface area (Å²) in [4.78, 5) is 39.8. The average Bonchev–Trinajstić information content (AvgIpc) is 2.79. The number of carbonyl (C=O) groups is 3. The summed E-state index contributed by atoms with van der Waals surface area (Å²) in [6, 6.07) is 6.90. The van der Waals surface area contributed by atoms with Gasteiger partial charge in [0.2, 0.25) is 0 Å². The van der Waals surface area contributed by atoms with E-state index in [9.17, 15) is 14.4 Å². The molecule has 1 aromatic carbocycles. The van der Waals surface area contributed by atoms with E-state index in [4.69, 9.17) is 9.47 Å². The minimum Gasteiger partial charge on any atom is -0.466 e. The van der Waals surface area contributed by atoms with Crippen LogP contribution in [0, 0.1) is 5.92 Å². The monoisotopic (exact) mass is 443 g/mol. The van der Waals surface area contributed by atoms with Crippen molar-refractivity contribution in [2.45, 2.75) is 46.1 Å². The van der Waals surface area contributed by atoms with Crippen LogP contribution in [0.4, 0.5) is 4.79 Å². The van der Waals surface area contributed by atoms with E-state index in [1.807, 2.05) is 24.3 Å². The SMILES string of the molecule is CCOC(=O)C1=C(CN2CCC[C@@H](C(=O)OCC)C2)NC(=O)N[C@@H]1c1ccc(CC)cc1. The zero-order chi connectivity index (χ0) is 23.1. The first kappa shape index (κ1) is 23.8. The molecular formula is C24H33N3O5. The molecule has 2 N–H and O–H groups in total. The summed E-state index contributed by atoms with van der Waals surface area (Å²) in [5, 5.41) is 5.68. The van der Waals surface area contributed by atoms with Crippen molar-refractivity contribution >= 4 is 18.0 Å². The maximum Gasteiger partial charge on any atom is 0.338 e. The van der Waals surface area contributed by atoms with E-state index >= 15 is 0 Å². The van der Waals surface area contributed by atoms with E-state index < -0.39 is 12.0 Å². The summed E-state index contributed by atoms with van der Waals surface area (Å²) in [6.07, 6.45) is 2.53. The lowest BCUT2D eigenvalue weighted by Crippen LogP contribution is -2.50. The van der Waals surface area contributed by atoms with Crippen LogP contribution in [0.15, 0.2) is 35.5 Å². The molecule has 3 rings (SSSR count). The van der Waals surface area contributed by atoms with Gasteiger partial charge in [0.05, 0.1) is 30.7 Å². The number of benzene rings is 1. The van der Waals surface area contributed by atoms with E-state index in [2.05, 4.69) is 22.5 Å². The second-order valence-corrected chi connectivity index (χ2v) is 8.07. The van der Waals surface area contributed by atoms with Crippen LogP contribution in [-0.2, 0) is 25.5 Å². The zero-order valence-electron chi connectivity index (χ0n) is 19.1. The summed E-state index contributed by atoms with van der Waals surface area (Å²) in [6.45, 7) is 7.87. The molecule has 2 atom stereocenters. The second kappa shape index (κ2) is 11.1. The fraction of sp³-hybridized carbons (Fsp3) is 0.542. The fourth-order valence-electron chi connectivity index (χ4n) is 4.26. The number of esters is 2. The number of likely N-dealkylation sites (tertiary alicyclic amines) is 1. The van der Waals surface area contributed by atoms with Crippen molar-refractivity contribution in [2.24, 2.45) is 5.92 Å². The first-order chi connectivity index (χ1) is 15.5. The Bertz CT molecular complexity index is 865. The van der Waals surface area contributed by atoms with Crippen LogP contribution in [0.1, 0.15) is 50.8 Å². The van der Waals surface area contributed by atoms with Crippen LogP contribution in [0.5, 0.6) is 0 Å². The summed E-state index contributed by atoms with van der Waals surface area (Å²) < 4.78 is 10.5. The highest BCUT2D eigenvalue weighted by Gasteiger charge is 2.35. The molecule has 2 aliphatic rings. The predicted molar refractivity (Wildman–Crippen MR) is 120 cm³/mol. The lowest BCUT2D eigenvalue weighted by Gasteiger charge is -2.35. The van der Waals surface area contributed by atoms with Gasteiger partial charge in [-0.2, -0.15) is 0 Å². The average molecular weight is 444 g/mol. The molecule has 0 aromatic heterocycles. The smallest absolute Gasteiger partial charge is 0.338 e. The van der Waals surface area contributed by atoms with Gasteiger partial charge in [-0.25, -0.2) is 9.59 Å². The van der Waals surface area contributed by atoms with Crippen LogP contribution in [-0.4, -0.2) is 55.7 Å². The molecule has 0 aliphatic carbocycles. The Morgan fingerprint density at radius 1 is 1.09 bits per heavy atom. The number of carbonyl (C=O) groups excluding carboxylic acids is 3. The molecule has 174 valence electrons. The van der Waals surface area contributed by atoms with Crippen molar-refractivity contribution in [3.05, 3.63) is 46.7 Å². The van der Waals surface area contributed by atoms with Crippen molar-refractivity contribution < 1.29 is 23.9 Å². The number of piperidine rings is 1. The quantitative estimate of drug-likeness (QED) is 0.600. The van der Waals surface area contributed by atoms with Crippen molar-refractivity contribution in [1.29, 1.82) is 0 Å². The molecule has 0 unspecified atom stereocenters. The second-order valence-electron chi connectivity index (χ2n) is 8.07. The molecule has 32 heavy (non-hydrogen) atoms. The highest BCUT2D eigenvalue weighted by Crippen LogP contribution is 2.29. The number of nitrogens with zero attached hydrogens (tertiary/aromatic N) is 1. The van der Waals surface area contributed by atoms with E-state index in [1.165, 1.54) is 5.56 Å².